The Morgan fingerprint density at radius 3 is 1.25 bits per heavy atom. The average molecular weight is 471 g/mol. The molecule has 0 saturated heterocycles. The first-order valence-electron chi connectivity index (χ1n) is 15.0. The molecule has 0 aliphatic heterocycles. The summed E-state index contributed by atoms with van der Waals surface area (Å²) >= 11 is 2.26. The molecule has 0 aromatic rings. The molecule has 0 amide bonds. The van der Waals surface area contributed by atoms with Gasteiger partial charge in [-0.25, -0.2) is 0 Å². The predicted molar refractivity (Wildman–Crippen MR) is 152 cm³/mol. The van der Waals surface area contributed by atoms with Crippen molar-refractivity contribution in [3.05, 3.63) is 0 Å². The van der Waals surface area contributed by atoms with Crippen LogP contribution in [0.5, 0.6) is 0 Å². The van der Waals surface area contributed by atoms with Gasteiger partial charge in [0.1, 0.15) is 5.37 Å². The quantitative estimate of drug-likeness (QED) is 0.0688. The standard InChI is InChI=1S/C30H64NS/c1-6-9-11-13-14-15-16-17-18-19-20-21-22-23-24-25-28-31(4,5)30(27-8-3)32-29-26-12-10-7-2/h30H,6-29H2,1-5H3/q+1. The second-order valence-electron chi connectivity index (χ2n) is 11.0. The molecule has 0 aliphatic rings. The van der Waals surface area contributed by atoms with Gasteiger partial charge in [-0.1, -0.05) is 142 Å². The molecular weight excluding hydrogens is 406 g/mol. The van der Waals surface area contributed by atoms with Gasteiger partial charge in [-0.15, -0.1) is 0 Å². The summed E-state index contributed by atoms with van der Waals surface area (Å²) in [6.07, 6.45) is 31.7. The van der Waals surface area contributed by atoms with E-state index in [4.69, 9.17) is 0 Å². The van der Waals surface area contributed by atoms with E-state index in [2.05, 4.69) is 46.6 Å². The van der Waals surface area contributed by atoms with E-state index in [0.717, 1.165) is 5.37 Å². The monoisotopic (exact) mass is 470 g/mol. The number of nitrogens with zero attached hydrogens (tertiary/aromatic N) is 1. The van der Waals surface area contributed by atoms with Crippen LogP contribution in [0.1, 0.15) is 162 Å². The maximum absolute atomic E-state index is 2.49. The Hall–Kier alpha value is 0.310. The van der Waals surface area contributed by atoms with Crippen molar-refractivity contribution >= 4 is 11.8 Å². The minimum atomic E-state index is 0.804. The van der Waals surface area contributed by atoms with Gasteiger partial charge in [0.2, 0.25) is 0 Å². The van der Waals surface area contributed by atoms with E-state index < -0.39 is 0 Å². The molecule has 0 saturated carbocycles. The SMILES string of the molecule is CCCCCCCCCCCCCCCCCC[N+](C)(C)C(CCC)SCCCCCC. The first kappa shape index (κ1) is 32.3. The number of hydrogen-bond donors (Lipinski definition) is 0. The van der Waals surface area contributed by atoms with Crippen molar-refractivity contribution in [2.45, 2.75) is 167 Å². The van der Waals surface area contributed by atoms with Crippen molar-refractivity contribution in [1.29, 1.82) is 0 Å². The van der Waals surface area contributed by atoms with Gasteiger partial charge in [0.15, 0.2) is 0 Å². The van der Waals surface area contributed by atoms with Gasteiger partial charge in [0, 0.05) is 6.42 Å². The zero-order valence-electron chi connectivity index (χ0n) is 23.4. The minimum absolute atomic E-state index is 0.804. The van der Waals surface area contributed by atoms with E-state index in [1.54, 1.807) is 0 Å². The molecule has 1 nitrogen and oxygen atoms in total. The Bertz CT molecular complexity index is 355. The van der Waals surface area contributed by atoms with Gasteiger partial charge in [0.25, 0.3) is 0 Å². The van der Waals surface area contributed by atoms with Crippen molar-refractivity contribution in [3.8, 4) is 0 Å². The average Bonchev–Trinajstić information content (AvgIpc) is 2.77. The number of hydrogen-bond acceptors (Lipinski definition) is 1. The molecule has 2 heteroatoms. The van der Waals surface area contributed by atoms with Crippen LogP contribution in [0.2, 0.25) is 0 Å². The summed E-state index contributed by atoms with van der Waals surface area (Å²) in [6, 6.07) is 0. The fourth-order valence-corrected chi connectivity index (χ4v) is 6.40. The van der Waals surface area contributed by atoms with Gasteiger partial charge < -0.3 is 4.48 Å². The highest BCUT2D eigenvalue weighted by Gasteiger charge is 2.27. The lowest BCUT2D eigenvalue weighted by Gasteiger charge is -2.38. The van der Waals surface area contributed by atoms with E-state index in [1.165, 1.54) is 158 Å². The third-order valence-corrected chi connectivity index (χ3v) is 8.93. The molecule has 0 aromatic carbocycles. The Morgan fingerprint density at radius 2 is 0.844 bits per heavy atom. The summed E-state index contributed by atoms with van der Waals surface area (Å²) in [4.78, 5) is 0. The Kier molecular flexibility index (Phi) is 24.7. The van der Waals surface area contributed by atoms with Crippen molar-refractivity contribution in [2.75, 3.05) is 26.4 Å². The Balaban J connectivity index is 3.59. The summed E-state index contributed by atoms with van der Waals surface area (Å²) in [5.74, 6) is 1.37. The fraction of sp³-hybridized carbons (Fsp3) is 1.00. The van der Waals surface area contributed by atoms with Crippen LogP contribution in [0.25, 0.3) is 0 Å². The van der Waals surface area contributed by atoms with Crippen molar-refractivity contribution < 1.29 is 4.48 Å². The van der Waals surface area contributed by atoms with Gasteiger partial charge in [0.05, 0.1) is 20.6 Å². The van der Waals surface area contributed by atoms with E-state index in [9.17, 15) is 0 Å². The first-order chi connectivity index (χ1) is 15.6. The number of rotatable bonds is 26. The summed E-state index contributed by atoms with van der Waals surface area (Å²) in [5, 5.41) is 0.804. The van der Waals surface area contributed by atoms with E-state index in [-0.39, 0.29) is 0 Å². The molecule has 0 fully saturated rings. The Morgan fingerprint density at radius 1 is 0.469 bits per heavy atom. The molecule has 1 atom stereocenters. The van der Waals surface area contributed by atoms with Crippen LogP contribution in [-0.4, -0.2) is 36.2 Å². The van der Waals surface area contributed by atoms with Gasteiger partial charge in [-0.3, -0.25) is 0 Å². The van der Waals surface area contributed by atoms with Crippen LogP contribution in [0.3, 0.4) is 0 Å². The number of thioether (sulfide) groups is 1. The zero-order chi connectivity index (χ0) is 23.8. The molecule has 0 rings (SSSR count). The minimum Gasteiger partial charge on any atom is -0.318 e. The maximum atomic E-state index is 2.49. The van der Waals surface area contributed by atoms with Crippen LogP contribution >= 0.6 is 11.8 Å². The summed E-state index contributed by atoms with van der Waals surface area (Å²) in [7, 11) is 4.98. The molecule has 0 aromatic heterocycles. The summed E-state index contributed by atoms with van der Waals surface area (Å²) in [6.45, 7) is 8.34. The molecule has 32 heavy (non-hydrogen) atoms. The third-order valence-electron chi connectivity index (χ3n) is 7.21. The van der Waals surface area contributed by atoms with Crippen LogP contribution in [0, 0.1) is 0 Å². The maximum Gasteiger partial charge on any atom is 0.135 e. The molecule has 194 valence electrons. The summed E-state index contributed by atoms with van der Waals surface area (Å²) < 4.78 is 1.23. The molecule has 0 spiro atoms. The third kappa shape index (κ3) is 20.9. The molecule has 0 heterocycles. The molecule has 0 N–H and O–H groups in total. The highest BCUT2D eigenvalue weighted by molar-refractivity contribution is 7.99. The number of quaternary nitrogens is 1. The normalized spacial score (nSPS) is 13.0. The number of unbranched alkanes of at least 4 members (excludes halogenated alkanes) is 18. The smallest absolute Gasteiger partial charge is 0.135 e. The van der Waals surface area contributed by atoms with E-state index in [1.807, 2.05) is 0 Å². The van der Waals surface area contributed by atoms with Crippen LogP contribution in [-0.2, 0) is 0 Å². The second kappa shape index (κ2) is 24.4. The van der Waals surface area contributed by atoms with Gasteiger partial charge >= 0.3 is 0 Å². The van der Waals surface area contributed by atoms with Crippen molar-refractivity contribution in [1.82, 2.24) is 0 Å². The Labute approximate surface area is 209 Å². The molecule has 1 unspecified atom stereocenters. The van der Waals surface area contributed by atoms with Gasteiger partial charge in [-0.05, 0) is 31.4 Å². The lowest BCUT2D eigenvalue weighted by Crippen LogP contribution is -2.47. The molecule has 0 bridgehead atoms. The largest absolute Gasteiger partial charge is 0.318 e. The van der Waals surface area contributed by atoms with Crippen molar-refractivity contribution in [2.24, 2.45) is 0 Å². The lowest BCUT2D eigenvalue weighted by atomic mass is 10.0. The highest BCUT2D eigenvalue weighted by Crippen LogP contribution is 2.27. The van der Waals surface area contributed by atoms with Crippen LogP contribution < -0.4 is 0 Å². The highest BCUT2D eigenvalue weighted by atomic mass is 32.2. The van der Waals surface area contributed by atoms with Crippen LogP contribution in [0.15, 0.2) is 0 Å². The predicted octanol–water partition coefficient (Wildman–Crippen LogP) is 10.8. The lowest BCUT2D eigenvalue weighted by molar-refractivity contribution is -0.900. The summed E-state index contributed by atoms with van der Waals surface area (Å²) in [5.41, 5.74) is 0. The van der Waals surface area contributed by atoms with E-state index in [0.29, 0.717) is 0 Å². The topological polar surface area (TPSA) is 0 Å². The van der Waals surface area contributed by atoms with E-state index >= 15 is 0 Å². The van der Waals surface area contributed by atoms with Crippen molar-refractivity contribution in [3.63, 3.8) is 0 Å². The molecule has 0 aliphatic carbocycles. The molecular formula is C30H64NS+. The first-order valence-corrected chi connectivity index (χ1v) is 16.1. The zero-order valence-corrected chi connectivity index (χ0v) is 24.2. The van der Waals surface area contributed by atoms with Crippen LogP contribution in [0.4, 0.5) is 0 Å². The second-order valence-corrected chi connectivity index (χ2v) is 12.3. The molecule has 0 radical (unpaired) electrons. The fourth-order valence-electron chi connectivity index (χ4n) is 4.84. The van der Waals surface area contributed by atoms with Gasteiger partial charge in [-0.2, -0.15) is 0 Å².